The van der Waals surface area contributed by atoms with Crippen molar-refractivity contribution in [1.29, 1.82) is 0 Å². The quantitative estimate of drug-likeness (QED) is 0.719. The minimum atomic E-state index is -0.0497. The Morgan fingerprint density at radius 2 is 2.27 bits per heavy atom. The monoisotopic (exact) mass is 351 g/mol. The summed E-state index contributed by atoms with van der Waals surface area (Å²) in [6.45, 7) is 4.37. The van der Waals surface area contributed by atoms with Gasteiger partial charge in [0.05, 0.1) is 13.2 Å². The average Bonchev–Trinajstić information content (AvgIpc) is 2.97. The lowest BCUT2D eigenvalue weighted by Crippen LogP contribution is -2.36. The Kier molecular flexibility index (Phi) is 4.62. The Morgan fingerprint density at radius 1 is 1.35 bits per heavy atom. The highest BCUT2D eigenvalue weighted by Gasteiger charge is 2.25. The van der Waals surface area contributed by atoms with Gasteiger partial charge in [-0.3, -0.25) is 4.79 Å². The number of carbonyl (C=O) groups is 1. The number of rotatable bonds is 3. The van der Waals surface area contributed by atoms with Crippen LogP contribution in [-0.2, 0) is 11.2 Å². The van der Waals surface area contributed by atoms with Gasteiger partial charge in [-0.05, 0) is 31.5 Å². The van der Waals surface area contributed by atoms with Gasteiger partial charge < -0.3 is 14.0 Å². The van der Waals surface area contributed by atoms with E-state index in [2.05, 4.69) is 15.0 Å². The lowest BCUT2D eigenvalue weighted by Gasteiger charge is -2.22. The maximum absolute atomic E-state index is 13.0. The van der Waals surface area contributed by atoms with E-state index in [-0.39, 0.29) is 11.8 Å². The fourth-order valence-electron chi connectivity index (χ4n) is 3.34. The van der Waals surface area contributed by atoms with Crippen LogP contribution in [0.2, 0.25) is 0 Å². The third-order valence-corrected chi connectivity index (χ3v) is 4.68. The van der Waals surface area contributed by atoms with Gasteiger partial charge in [0.1, 0.15) is 17.7 Å². The summed E-state index contributed by atoms with van der Waals surface area (Å²) in [6, 6.07) is 7.76. The third-order valence-electron chi connectivity index (χ3n) is 4.68. The maximum Gasteiger partial charge on any atom is 0.274 e. The zero-order valence-electron chi connectivity index (χ0n) is 14.7. The smallest absolute Gasteiger partial charge is 0.274 e. The molecule has 7 heteroatoms. The van der Waals surface area contributed by atoms with Crippen molar-refractivity contribution in [2.24, 2.45) is 5.92 Å². The largest absolute Gasteiger partial charge is 0.379 e. The van der Waals surface area contributed by atoms with E-state index >= 15 is 0 Å². The van der Waals surface area contributed by atoms with E-state index < -0.39 is 0 Å². The number of aromatic nitrogens is 4. The average molecular weight is 351 g/mol. The molecule has 1 fully saturated rings. The number of fused-ring (bicyclic) bond motifs is 1. The molecule has 0 aromatic carbocycles. The highest BCUT2D eigenvalue weighted by atomic mass is 16.5. The molecular formula is C19H21N5O2. The van der Waals surface area contributed by atoms with E-state index in [1.807, 2.05) is 46.7 Å². The van der Waals surface area contributed by atoms with E-state index in [9.17, 15) is 4.79 Å². The van der Waals surface area contributed by atoms with Gasteiger partial charge in [0, 0.05) is 42.8 Å². The van der Waals surface area contributed by atoms with Crippen LogP contribution in [-0.4, -0.2) is 56.5 Å². The molecule has 4 heterocycles. The van der Waals surface area contributed by atoms with Crippen LogP contribution in [0.4, 0.5) is 0 Å². The lowest BCUT2D eigenvalue weighted by molar-refractivity contribution is 0.0732. The number of carbonyl (C=O) groups excluding carboxylic acids is 1. The highest BCUT2D eigenvalue weighted by Crippen LogP contribution is 2.16. The minimum Gasteiger partial charge on any atom is -0.379 e. The summed E-state index contributed by atoms with van der Waals surface area (Å²) in [5.41, 5.74) is 3.28. The van der Waals surface area contributed by atoms with Crippen molar-refractivity contribution in [2.75, 3.05) is 26.3 Å². The van der Waals surface area contributed by atoms with Crippen molar-refractivity contribution in [2.45, 2.75) is 13.3 Å². The van der Waals surface area contributed by atoms with Gasteiger partial charge in [0.2, 0.25) is 0 Å². The van der Waals surface area contributed by atoms with E-state index in [1.54, 1.807) is 12.5 Å². The SMILES string of the molecule is Cc1cccc2nc(C(=O)N3CCOC[C@@H](Cc4ccncn4)C3)cn12. The Labute approximate surface area is 151 Å². The number of hydrogen-bond donors (Lipinski definition) is 0. The first-order chi connectivity index (χ1) is 12.7. The highest BCUT2D eigenvalue weighted by molar-refractivity contribution is 5.93. The summed E-state index contributed by atoms with van der Waals surface area (Å²) in [5, 5.41) is 0. The van der Waals surface area contributed by atoms with Crippen molar-refractivity contribution in [3.63, 3.8) is 0 Å². The standard InChI is InChI=1S/C19H21N5O2/c1-14-3-2-4-18-22-17(11-24(14)18)19(25)23-7-8-26-12-15(10-23)9-16-5-6-20-13-21-16/h2-6,11,13,15H,7-10,12H2,1H3/t15-/m0/s1. The number of amides is 1. The van der Waals surface area contributed by atoms with Gasteiger partial charge in [0.25, 0.3) is 5.91 Å². The van der Waals surface area contributed by atoms with Crippen molar-refractivity contribution in [3.8, 4) is 0 Å². The predicted octanol–water partition coefficient (Wildman–Crippen LogP) is 1.76. The second-order valence-corrected chi connectivity index (χ2v) is 6.62. The number of aryl methyl sites for hydroxylation is 1. The number of nitrogens with zero attached hydrogens (tertiary/aromatic N) is 5. The first kappa shape index (κ1) is 16.7. The van der Waals surface area contributed by atoms with Crippen LogP contribution in [0.1, 0.15) is 21.9 Å². The predicted molar refractivity (Wildman–Crippen MR) is 95.9 cm³/mol. The molecule has 0 radical (unpaired) electrons. The fourth-order valence-corrected chi connectivity index (χ4v) is 3.34. The van der Waals surface area contributed by atoms with Crippen molar-refractivity contribution < 1.29 is 9.53 Å². The van der Waals surface area contributed by atoms with Crippen LogP contribution in [0.25, 0.3) is 5.65 Å². The fraction of sp³-hybridized carbons (Fsp3) is 0.368. The molecule has 3 aromatic heterocycles. The van der Waals surface area contributed by atoms with Gasteiger partial charge in [0.15, 0.2) is 0 Å². The van der Waals surface area contributed by atoms with E-state index in [0.717, 1.165) is 23.5 Å². The normalized spacial score (nSPS) is 18.0. The van der Waals surface area contributed by atoms with E-state index in [4.69, 9.17) is 4.74 Å². The summed E-state index contributed by atoms with van der Waals surface area (Å²) in [6.07, 6.45) is 5.87. The Hall–Kier alpha value is -2.80. The first-order valence-corrected chi connectivity index (χ1v) is 8.77. The van der Waals surface area contributed by atoms with Crippen LogP contribution >= 0.6 is 0 Å². The molecule has 7 nitrogen and oxygen atoms in total. The molecule has 1 aliphatic heterocycles. The molecule has 1 saturated heterocycles. The molecule has 0 bridgehead atoms. The molecule has 0 N–H and O–H groups in total. The minimum absolute atomic E-state index is 0.0497. The number of imidazole rings is 1. The van der Waals surface area contributed by atoms with Crippen molar-refractivity contribution in [3.05, 3.63) is 60.1 Å². The summed E-state index contributed by atoms with van der Waals surface area (Å²) in [7, 11) is 0. The summed E-state index contributed by atoms with van der Waals surface area (Å²) in [5.74, 6) is 0.154. The van der Waals surface area contributed by atoms with Crippen LogP contribution in [0, 0.1) is 12.8 Å². The van der Waals surface area contributed by atoms with Crippen molar-refractivity contribution >= 4 is 11.6 Å². The van der Waals surface area contributed by atoms with Crippen LogP contribution in [0.3, 0.4) is 0 Å². The van der Waals surface area contributed by atoms with Crippen molar-refractivity contribution in [1.82, 2.24) is 24.3 Å². The molecule has 3 aromatic rings. The summed E-state index contributed by atoms with van der Waals surface area (Å²) < 4.78 is 7.66. The third kappa shape index (κ3) is 3.43. The summed E-state index contributed by atoms with van der Waals surface area (Å²) in [4.78, 5) is 27.6. The van der Waals surface area contributed by atoms with E-state index in [0.29, 0.717) is 32.0 Å². The lowest BCUT2D eigenvalue weighted by atomic mass is 10.0. The zero-order valence-corrected chi connectivity index (χ0v) is 14.7. The molecule has 0 spiro atoms. The van der Waals surface area contributed by atoms with Gasteiger partial charge >= 0.3 is 0 Å². The molecule has 134 valence electrons. The van der Waals surface area contributed by atoms with Gasteiger partial charge in [-0.1, -0.05) is 6.07 Å². The van der Waals surface area contributed by atoms with Gasteiger partial charge in [-0.2, -0.15) is 0 Å². The molecule has 0 aliphatic carbocycles. The molecule has 26 heavy (non-hydrogen) atoms. The topological polar surface area (TPSA) is 72.6 Å². The number of hydrogen-bond acceptors (Lipinski definition) is 5. The Morgan fingerprint density at radius 3 is 3.08 bits per heavy atom. The van der Waals surface area contributed by atoms with Gasteiger partial charge in [-0.25, -0.2) is 15.0 Å². The number of ether oxygens (including phenoxy) is 1. The summed E-state index contributed by atoms with van der Waals surface area (Å²) >= 11 is 0. The Bertz CT molecular complexity index is 909. The second kappa shape index (κ2) is 7.21. The van der Waals surface area contributed by atoms with Crippen LogP contribution < -0.4 is 0 Å². The molecule has 1 aliphatic rings. The van der Waals surface area contributed by atoms with Gasteiger partial charge in [-0.15, -0.1) is 0 Å². The molecule has 1 amide bonds. The molecule has 0 unspecified atom stereocenters. The van der Waals surface area contributed by atoms with Crippen LogP contribution in [0.5, 0.6) is 0 Å². The van der Waals surface area contributed by atoms with E-state index in [1.165, 1.54) is 0 Å². The van der Waals surface area contributed by atoms with Crippen LogP contribution in [0.15, 0.2) is 43.0 Å². The second-order valence-electron chi connectivity index (χ2n) is 6.62. The molecule has 0 saturated carbocycles. The number of pyridine rings is 1. The molecule has 4 rings (SSSR count). The molecular weight excluding hydrogens is 330 g/mol. The first-order valence-electron chi connectivity index (χ1n) is 8.77. The Balaban J connectivity index is 1.53. The maximum atomic E-state index is 13.0. The molecule has 1 atom stereocenters. The zero-order chi connectivity index (χ0) is 17.9.